The molecule has 0 radical (unpaired) electrons. The van der Waals surface area contributed by atoms with E-state index in [1.165, 1.54) is 11.3 Å². The van der Waals surface area contributed by atoms with E-state index in [0.717, 1.165) is 5.19 Å². The van der Waals surface area contributed by atoms with Crippen LogP contribution in [-0.2, 0) is 4.84 Å². The van der Waals surface area contributed by atoms with E-state index in [0.29, 0.717) is 15.8 Å². The monoisotopic (exact) mass is 277 g/mol. The zero-order valence-electron chi connectivity index (χ0n) is 9.89. The molecule has 1 rings (SSSR count). The molecule has 0 saturated heterocycles. The summed E-state index contributed by atoms with van der Waals surface area (Å²) in [6, 6.07) is 1.90. The number of carbonyl (C=O) groups is 1. The van der Waals surface area contributed by atoms with Gasteiger partial charge in [0, 0.05) is 0 Å². The van der Waals surface area contributed by atoms with Gasteiger partial charge in [0.2, 0.25) is 0 Å². The van der Waals surface area contributed by atoms with Gasteiger partial charge in [-0.3, -0.25) is 9.63 Å². The second kappa shape index (κ2) is 5.31. The molecule has 1 aromatic rings. The Morgan fingerprint density at radius 1 is 1.56 bits per heavy atom. The normalized spacial score (nSPS) is 11.6. The van der Waals surface area contributed by atoms with Crippen molar-refractivity contribution in [2.24, 2.45) is 0 Å². The lowest BCUT2D eigenvalue weighted by Crippen LogP contribution is -2.41. The molecule has 0 aromatic carbocycles. The third-order valence-electron chi connectivity index (χ3n) is 2.03. The van der Waals surface area contributed by atoms with E-state index in [9.17, 15) is 4.79 Å². The van der Waals surface area contributed by atoms with Crippen LogP contribution in [0.15, 0.2) is 6.07 Å². The first-order valence-corrected chi connectivity index (χ1v) is 9.77. The average molecular weight is 278 g/mol. The SMILES string of the molecule is CCONC(=O)c1sc(Cl)cc1[Si](C)(C)C. The van der Waals surface area contributed by atoms with Crippen LogP contribution in [0.2, 0.25) is 24.0 Å². The molecule has 0 saturated carbocycles. The molecule has 16 heavy (non-hydrogen) atoms. The molecule has 0 fully saturated rings. The Morgan fingerprint density at radius 3 is 2.69 bits per heavy atom. The molecule has 90 valence electrons. The first-order chi connectivity index (χ1) is 7.36. The third-order valence-corrected chi connectivity index (χ3v) is 5.48. The van der Waals surface area contributed by atoms with Gasteiger partial charge in [-0.25, -0.2) is 5.48 Å². The number of carbonyl (C=O) groups excluding carboxylic acids is 1. The smallest absolute Gasteiger partial charge is 0.274 e. The van der Waals surface area contributed by atoms with Gasteiger partial charge in [-0.05, 0) is 18.2 Å². The van der Waals surface area contributed by atoms with Gasteiger partial charge in [0.05, 0.1) is 23.9 Å². The average Bonchev–Trinajstić information content (AvgIpc) is 2.56. The second-order valence-corrected chi connectivity index (χ2v) is 11.1. The molecule has 1 heterocycles. The van der Waals surface area contributed by atoms with Crippen molar-refractivity contribution < 1.29 is 9.63 Å². The lowest BCUT2D eigenvalue weighted by molar-refractivity contribution is 0.0369. The third kappa shape index (κ3) is 3.31. The van der Waals surface area contributed by atoms with Crippen LogP contribution in [-0.4, -0.2) is 20.6 Å². The van der Waals surface area contributed by atoms with E-state index in [-0.39, 0.29) is 5.91 Å². The highest BCUT2D eigenvalue weighted by atomic mass is 35.5. The van der Waals surface area contributed by atoms with E-state index >= 15 is 0 Å². The Hall–Kier alpha value is -0.363. The van der Waals surface area contributed by atoms with E-state index in [4.69, 9.17) is 16.4 Å². The van der Waals surface area contributed by atoms with Crippen LogP contribution in [0.4, 0.5) is 0 Å². The van der Waals surface area contributed by atoms with Crippen molar-refractivity contribution in [3.63, 3.8) is 0 Å². The van der Waals surface area contributed by atoms with Crippen LogP contribution in [0.3, 0.4) is 0 Å². The zero-order chi connectivity index (χ0) is 12.3. The van der Waals surface area contributed by atoms with Gasteiger partial charge in [0.25, 0.3) is 5.91 Å². The van der Waals surface area contributed by atoms with Gasteiger partial charge >= 0.3 is 0 Å². The van der Waals surface area contributed by atoms with E-state index in [1.54, 1.807) is 0 Å². The van der Waals surface area contributed by atoms with Crippen LogP contribution in [0.25, 0.3) is 0 Å². The molecule has 0 unspecified atom stereocenters. The molecule has 0 aliphatic heterocycles. The van der Waals surface area contributed by atoms with Crippen molar-refractivity contribution in [1.29, 1.82) is 0 Å². The molecule has 6 heteroatoms. The number of hydrogen-bond donors (Lipinski definition) is 1. The molecule has 1 N–H and O–H groups in total. The van der Waals surface area contributed by atoms with Gasteiger partial charge in [-0.15, -0.1) is 11.3 Å². The van der Waals surface area contributed by atoms with Crippen LogP contribution >= 0.6 is 22.9 Å². The zero-order valence-corrected chi connectivity index (χ0v) is 12.5. The second-order valence-electron chi connectivity index (χ2n) is 4.41. The summed E-state index contributed by atoms with van der Waals surface area (Å²) >= 11 is 7.28. The largest absolute Gasteiger partial charge is 0.284 e. The van der Waals surface area contributed by atoms with Crippen molar-refractivity contribution >= 4 is 42.1 Å². The minimum atomic E-state index is -1.55. The Morgan fingerprint density at radius 2 is 2.19 bits per heavy atom. The fraction of sp³-hybridized carbons (Fsp3) is 0.500. The van der Waals surface area contributed by atoms with Gasteiger partial charge < -0.3 is 0 Å². The minimum absolute atomic E-state index is 0.198. The Bertz CT molecular complexity index is 387. The summed E-state index contributed by atoms with van der Waals surface area (Å²) in [5, 5.41) is 1.08. The van der Waals surface area contributed by atoms with Gasteiger partial charge in [-0.1, -0.05) is 31.2 Å². The van der Waals surface area contributed by atoms with Gasteiger partial charge in [0.15, 0.2) is 0 Å². The highest BCUT2D eigenvalue weighted by Crippen LogP contribution is 2.23. The summed E-state index contributed by atoms with van der Waals surface area (Å²) in [4.78, 5) is 17.4. The predicted molar refractivity (Wildman–Crippen MR) is 71.4 cm³/mol. The molecule has 1 amide bonds. The maximum Gasteiger partial charge on any atom is 0.284 e. The topological polar surface area (TPSA) is 38.3 Å². The fourth-order valence-electron chi connectivity index (χ4n) is 1.27. The van der Waals surface area contributed by atoms with Crippen molar-refractivity contribution in [3.8, 4) is 0 Å². The lowest BCUT2D eigenvalue weighted by Gasteiger charge is -2.16. The molecule has 1 aromatic heterocycles. The molecule has 0 atom stereocenters. The summed E-state index contributed by atoms with van der Waals surface area (Å²) in [5.74, 6) is -0.198. The van der Waals surface area contributed by atoms with E-state index in [2.05, 4.69) is 25.1 Å². The minimum Gasteiger partial charge on any atom is -0.274 e. The number of rotatable bonds is 4. The molecular weight excluding hydrogens is 262 g/mol. The molecule has 0 aliphatic rings. The molecule has 0 aliphatic carbocycles. The van der Waals surface area contributed by atoms with Crippen LogP contribution in [0.1, 0.15) is 16.6 Å². The predicted octanol–water partition coefficient (Wildman–Crippen LogP) is 2.63. The summed E-state index contributed by atoms with van der Waals surface area (Å²) in [5.41, 5.74) is 2.41. The lowest BCUT2D eigenvalue weighted by atomic mass is 10.4. The van der Waals surface area contributed by atoms with Crippen LogP contribution in [0.5, 0.6) is 0 Å². The van der Waals surface area contributed by atoms with Crippen LogP contribution < -0.4 is 10.7 Å². The number of thiophene rings is 1. The Kier molecular flexibility index (Phi) is 4.55. The maximum atomic E-state index is 11.8. The molecule has 3 nitrogen and oxygen atoms in total. The first-order valence-electron chi connectivity index (χ1n) is 5.08. The van der Waals surface area contributed by atoms with Crippen molar-refractivity contribution in [1.82, 2.24) is 5.48 Å². The summed E-state index contributed by atoms with van der Waals surface area (Å²) in [6.07, 6.45) is 0. The number of nitrogens with one attached hydrogen (secondary N) is 1. The fourth-order valence-corrected chi connectivity index (χ4v) is 4.93. The van der Waals surface area contributed by atoms with Crippen molar-refractivity contribution in [3.05, 3.63) is 15.3 Å². The maximum absolute atomic E-state index is 11.8. The highest BCUT2D eigenvalue weighted by Gasteiger charge is 2.26. The van der Waals surface area contributed by atoms with E-state index < -0.39 is 8.07 Å². The first kappa shape index (κ1) is 13.7. The quantitative estimate of drug-likeness (QED) is 0.679. The van der Waals surface area contributed by atoms with E-state index in [1.807, 2.05) is 13.0 Å². The summed E-state index contributed by atoms with van der Waals surface area (Å²) in [7, 11) is -1.55. The number of hydroxylamine groups is 1. The Labute approximate surface area is 106 Å². The molecule has 0 spiro atoms. The summed E-state index contributed by atoms with van der Waals surface area (Å²) in [6.45, 7) is 8.82. The van der Waals surface area contributed by atoms with Crippen molar-refractivity contribution in [2.75, 3.05) is 6.61 Å². The van der Waals surface area contributed by atoms with Gasteiger partial charge in [-0.2, -0.15) is 0 Å². The standard InChI is InChI=1S/C10H16ClNO2SSi/c1-5-14-12-10(13)9-7(16(2,3)4)6-8(11)15-9/h6H,5H2,1-4H3,(H,12,13). The summed E-state index contributed by atoms with van der Waals surface area (Å²) < 4.78 is 0.652. The molecular formula is C10H16ClNO2SSi. The number of amides is 1. The Balaban J connectivity index is 2.99. The number of halogens is 1. The number of hydrogen-bond acceptors (Lipinski definition) is 3. The van der Waals surface area contributed by atoms with Gasteiger partial charge in [0.1, 0.15) is 0 Å². The van der Waals surface area contributed by atoms with Crippen molar-refractivity contribution in [2.45, 2.75) is 26.6 Å². The highest BCUT2D eigenvalue weighted by molar-refractivity contribution is 7.20. The van der Waals surface area contributed by atoms with Crippen LogP contribution in [0, 0.1) is 0 Å². The molecule has 0 bridgehead atoms.